The van der Waals surface area contributed by atoms with Crippen LogP contribution in [0.15, 0.2) is 84.1 Å². The molecule has 0 radical (unpaired) electrons. The van der Waals surface area contributed by atoms with E-state index < -0.39 is 6.04 Å². The molecule has 1 atom stereocenters. The SMILES string of the molecule is COc1ccc([C@H]2C3=C(CC(C)(C)CC3=O)Nc3ccccc3N2CC(=O)Nc2ccc(Cl)cc2)cc1. The lowest BCUT2D eigenvalue weighted by atomic mass is 9.73. The van der Waals surface area contributed by atoms with Crippen molar-refractivity contribution in [2.45, 2.75) is 32.7 Å². The Labute approximate surface area is 222 Å². The van der Waals surface area contributed by atoms with E-state index in [0.717, 1.165) is 34.8 Å². The van der Waals surface area contributed by atoms with Crippen molar-refractivity contribution in [3.63, 3.8) is 0 Å². The minimum atomic E-state index is -0.448. The predicted molar refractivity (Wildman–Crippen MR) is 148 cm³/mol. The number of ether oxygens (including phenoxy) is 1. The molecule has 0 spiro atoms. The summed E-state index contributed by atoms with van der Waals surface area (Å²) in [5, 5.41) is 7.15. The smallest absolute Gasteiger partial charge is 0.243 e. The van der Waals surface area contributed by atoms with Gasteiger partial charge in [-0.15, -0.1) is 0 Å². The van der Waals surface area contributed by atoms with E-state index in [-0.39, 0.29) is 23.7 Å². The molecule has 6 nitrogen and oxygen atoms in total. The van der Waals surface area contributed by atoms with Crippen LogP contribution in [0.3, 0.4) is 0 Å². The molecule has 1 amide bonds. The third-order valence-corrected chi connectivity index (χ3v) is 7.13. The lowest BCUT2D eigenvalue weighted by molar-refractivity contribution is -0.119. The Bertz CT molecular complexity index is 1360. The summed E-state index contributed by atoms with van der Waals surface area (Å²) < 4.78 is 5.38. The second-order valence-electron chi connectivity index (χ2n) is 10.3. The Hall–Kier alpha value is -3.77. The van der Waals surface area contributed by atoms with Gasteiger partial charge in [-0.2, -0.15) is 0 Å². The third kappa shape index (κ3) is 5.20. The maximum Gasteiger partial charge on any atom is 0.243 e. The number of carbonyl (C=O) groups is 2. The molecule has 1 aliphatic heterocycles. The highest BCUT2D eigenvalue weighted by Crippen LogP contribution is 2.48. The molecule has 37 heavy (non-hydrogen) atoms. The molecule has 1 aliphatic carbocycles. The van der Waals surface area contributed by atoms with Crippen LogP contribution in [0.25, 0.3) is 0 Å². The molecule has 190 valence electrons. The standard InChI is InChI=1S/C30H30ClN3O3/c1-30(2)16-24-28(26(35)17-30)29(19-8-14-22(37-3)15-9-19)34(25-7-5-4-6-23(25)33-24)18-27(36)32-21-12-10-20(31)11-13-21/h4-15,29,33H,16-18H2,1-3H3,(H,32,36)/t29-/m0/s1. The van der Waals surface area contributed by atoms with Gasteiger partial charge in [0.25, 0.3) is 0 Å². The van der Waals surface area contributed by atoms with Gasteiger partial charge in [-0.3, -0.25) is 9.59 Å². The Kier molecular flexibility index (Phi) is 6.69. The van der Waals surface area contributed by atoms with Crippen LogP contribution in [-0.4, -0.2) is 25.3 Å². The van der Waals surface area contributed by atoms with E-state index >= 15 is 0 Å². The number of anilines is 3. The fourth-order valence-electron chi connectivity index (χ4n) is 5.25. The second kappa shape index (κ2) is 9.94. The average Bonchev–Trinajstić information content (AvgIpc) is 2.99. The number of fused-ring (bicyclic) bond motifs is 1. The van der Waals surface area contributed by atoms with Crippen LogP contribution in [0.2, 0.25) is 5.02 Å². The van der Waals surface area contributed by atoms with Crippen LogP contribution >= 0.6 is 11.6 Å². The number of benzene rings is 3. The number of carbonyl (C=O) groups excluding carboxylic acids is 2. The lowest BCUT2D eigenvalue weighted by Gasteiger charge is -2.38. The molecule has 0 bridgehead atoms. The molecule has 2 N–H and O–H groups in total. The van der Waals surface area contributed by atoms with Crippen LogP contribution in [0, 0.1) is 5.41 Å². The Balaban J connectivity index is 1.62. The van der Waals surface area contributed by atoms with Gasteiger partial charge in [0.2, 0.25) is 5.91 Å². The monoisotopic (exact) mass is 515 g/mol. The van der Waals surface area contributed by atoms with Crippen molar-refractivity contribution in [2.75, 3.05) is 29.2 Å². The first-order chi connectivity index (χ1) is 17.7. The normalized spacial score (nSPS) is 18.3. The largest absolute Gasteiger partial charge is 0.497 e. The summed E-state index contributed by atoms with van der Waals surface area (Å²) in [6.45, 7) is 4.28. The van der Waals surface area contributed by atoms with E-state index in [1.54, 1.807) is 31.4 Å². The first kappa shape index (κ1) is 24.9. The van der Waals surface area contributed by atoms with E-state index in [2.05, 4.69) is 24.5 Å². The first-order valence-corrected chi connectivity index (χ1v) is 12.7. The molecular weight excluding hydrogens is 486 g/mol. The number of rotatable bonds is 5. The van der Waals surface area contributed by atoms with Crippen LogP contribution in [0.1, 0.15) is 38.3 Å². The fourth-order valence-corrected chi connectivity index (χ4v) is 5.37. The summed E-state index contributed by atoms with van der Waals surface area (Å²) in [6.07, 6.45) is 1.18. The highest BCUT2D eigenvalue weighted by Gasteiger charge is 2.41. The third-order valence-electron chi connectivity index (χ3n) is 6.88. The summed E-state index contributed by atoms with van der Waals surface area (Å²) >= 11 is 6.01. The van der Waals surface area contributed by atoms with E-state index in [0.29, 0.717) is 22.7 Å². The summed E-state index contributed by atoms with van der Waals surface area (Å²) in [7, 11) is 1.63. The molecule has 0 aromatic heterocycles. The number of nitrogens with zero attached hydrogens (tertiary/aromatic N) is 1. The zero-order valence-electron chi connectivity index (χ0n) is 21.2. The quantitative estimate of drug-likeness (QED) is 0.400. The van der Waals surface area contributed by atoms with Crippen LogP contribution < -0.4 is 20.3 Å². The molecule has 0 fully saturated rings. The van der Waals surface area contributed by atoms with Crippen molar-refractivity contribution in [1.82, 2.24) is 0 Å². The highest BCUT2D eigenvalue weighted by molar-refractivity contribution is 6.30. The molecule has 5 rings (SSSR count). The summed E-state index contributed by atoms with van der Waals surface area (Å²) in [5.74, 6) is 0.631. The summed E-state index contributed by atoms with van der Waals surface area (Å²) in [4.78, 5) is 29.2. The molecule has 0 unspecified atom stereocenters. The number of halogens is 1. The highest BCUT2D eigenvalue weighted by atomic mass is 35.5. The van der Waals surface area contributed by atoms with E-state index in [1.807, 2.05) is 53.4 Å². The van der Waals surface area contributed by atoms with Gasteiger partial charge in [0.15, 0.2) is 5.78 Å². The number of hydrogen-bond donors (Lipinski definition) is 2. The summed E-state index contributed by atoms with van der Waals surface area (Å²) in [5.41, 5.74) is 4.76. The molecule has 0 saturated heterocycles. The van der Waals surface area contributed by atoms with Gasteiger partial charge in [-0.25, -0.2) is 0 Å². The van der Waals surface area contributed by atoms with Crippen molar-refractivity contribution in [2.24, 2.45) is 5.41 Å². The number of para-hydroxylation sites is 2. The first-order valence-electron chi connectivity index (χ1n) is 12.3. The van der Waals surface area contributed by atoms with Gasteiger partial charge in [0.05, 0.1) is 31.1 Å². The number of allylic oxidation sites excluding steroid dienone is 1. The van der Waals surface area contributed by atoms with Crippen LogP contribution in [0.5, 0.6) is 5.75 Å². The van der Waals surface area contributed by atoms with Crippen molar-refractivity contribution in [1.29, 1.82) is 0 Å². The zero-order chi connectivity index (χ0) is 26.2. The Morgan fingerprint density at radius 1 is 1.05 bits per heavy atom. The minimum Gasteiger partial charge on any atom is -0.497 e. The van der Waals surface area contributed by atoms with Gasteiger partial charge in [0, 0.05) is 28.4 Å². The van der Waals surface area contributed by atoms with E-state index in [4.69, 9.17) is 16.3 Å². The number of hydrogen-bond acceptors (Lipinski definition) is 5. The average molecular weight is 516 g/mol. The minimum absolute atomic E-state index is 0.0471. The molecule has 0 saturated carbocycles. The predicted octanol–water partition coefficient (Wildman–Crippen LogP) is 6.60. The van der Waals surface area contributed by atoms with E-state index in [1.165, 1.54) is 0 Å². The molecule has 7 heteroatoms. The van der Waals surface area contributed by atoms with Gasteiger partial charge >= 0.3 is 0 Å². The van der Waals surface area contributed by atoms with Crippen LogP contribution in [0.4, 0.5) is 17.1 Å². The molecular formula is C30H30ClN3O3. The van der Waals surface area contributed by atoms with Crippen LogP contribution in [-0.2, 0) is 9.59 Å². The summed E-state index contributed by atoms with van der Waals surface area (Å²) in [6, 6.07) is 22.2. The van der Waals surface area contributed by atoms with E-state index in [9.17, 15) is 9.59 Å². The molecule has 2 aliphatic rings. The molecule has 1 heterocycles. The maximum atomic E-state index is 13.7. The number of ketones is 1. The van der Waals surface area contributed by atoms with Crippen molar-refractivity contribution in [3.8, 4) is 5.75 Å². The fraction of sp³-hybridized carbons (Fsp3) is 0.267. The number of methoxy groups -OCH3 is 1. The second-order valence-corrected chi connectivity index (χ2v) is 10.8. The van der Waals surface area contributed by atoms with Crippen molar-refractivity contribution >= 4 is 40.4 Å². The van der Waals surface area contributed by atoms with Gasteiger partial charge in [-0.1, -0.05) is 49.7 Å². The molecule has 3 aromatic rings. The lowest BCUT2D eigenvalue weighted by Crippen LogP contribution is -2.40. The number of amides is 1. The number of Topliss-reactive ketones (excluding diaryl/α,β-unsaturated/α-hetero) is 1. The van der Waals surface area contributed by atoms with Gasteiger partial charge < -0.3 is 20.3 Å². The Morgan fingerprint density at radius 2 is 1.76 bits per heavy atom. The zero-order valence-corrected chi connectivity index (χ0v) is 21.9. The topological polar surface area (TPSA) is 70.7 Å². The van der Waals surface area contributed by atoms with Crippen molar-refractivity contribution < 1.29 is 14.3 Å². The van der Waals surface area contributed by atoms with Gasteiger partial charge in [-0.05, 0) is 65.9 Å². The molecule has 3 aromatic carbocycles. The van der Waals surface area contributed by atoms with Crippen molar-refractivity contribution in [3.05, 3.63) is 94.7 Å². The van der Waals surface area contributed by atoms with Gasteiger partial charge in [0.1, 0.15) is 5.75 Å². The Morgan fingerprint density at radius 3 is 2.46 bits per heavy atom. The maximum absolute atomic E-state index is 13.7. The number of nitrogens with one attached hydrogen (secondary N) is 2.